The summed E-state index contributed by atoms with van der Waals surface area (Å²) < 4.78 is 11.0. The Kier molecular flexibility index (Phi) is 5.33. The molecule has 1 N–H and O–H groups in total. The number of benzene rings is 4. The first-order valence-corrected chi connectivity index (χ1v) is 12.7. The van der Waals surface area contributed by atoms with Crippen molar-refractivity contribution in [2.45, 2.75) is 9.79 Å². The fraction of sp³-hybridized carbons (Fsp3) is 0.0333. The van der Waals surface area contributed by atoms with Crippen molar-refractivity contribution in [3.05, 3.63) is 103 Å². The summed E-state index contributed by atoms with van der Waals surface area (Å²) in [5.41, 5.74) is 3.68. The maximum Gasteiger partial charge on any atom is 0.231 e. The largest absolute Gasteiger partial charge is 0.454 e. The van der Waals surface area contributed by atoms with Crippen LogP contribution in [0.4, 0.5) is 11.5 Å². The first-order chi connectivity index (χ1) is 18.3. The van der Waals surface area contributed by atoms with Crippen LogP contribution in [0.5, 0.6) is 11.5 Å². The number of pyridine rings is 1. The molecule has 7 heteroatoms. The molecule has 3 heterocycles. The zero-order valence-electron chi connectivity index (χ0n) is 19.6. The van der Waals surface area contributed by atoms with Gasteiger partial charge in [0, 0.05) is 43.4 Å². The first-order valence-electron chi connectivity index (χ1n) is 11.9. The number of para-hydroxylation sites is 1. The molecule has 7 rings (SSSR count). The van der Waals surface area contributed by atoms with Crippen molar-refractivity contribution in [3.63, 3.8) is 0 Å². The molecule has 178 valence electrons. The molecule has 0 aliphatic carbocycles. The third-order valence-electron chi connectivity index (χ3n) is 6.29. The van der Waals surface area contributed by atoms with Crippen LogP contribution in [0.2, 0.25) is 0 Å². The molecule has 0 atom stereocenters. The lowest BCUT2D eigenvalue weighted by atomic mass is 10.0. The van der Waals surface area contributed by atoms with E-state index in [1.165, 1.54) is 4.90 Å². The molecule has 37 heavy (non-hydrogen) atoms. The number of fused-ring (bicyclic) bond motifs is 3. The minimum absolute atomic E-state index is 0.241. The molecule has 1 aliphatic heterocycles. The van der Waals surface area contributed by atoms with Crippen LogP contribution < -0.4 is 14.8 Å². The molecule has 6 aromatic rings. The molecule has 0 fully saturated rings. The van der Waals surface area contributed by atoms with E-state index in [0.29, 0.717) is 5.82 Å². The Morgan fingerprint density at radius 3 is 2.38 bits per heavy atom. The minimum atomic E-state index is 0.241. The van der Waals surface area contributed by atoms with Gasteiger partial charge in [0.15, 0.2) is 17.3 Å². The monoisotopic (exact) mass is 500 g/mol. The average molecular weight is 501 g/mol. The second-order valence-electron chi connectivity index (χ2n) is 8.59. The second-order valence-corrected chi connectivity index (χ2v) is 9.70. The van der Waals surface area contributed by atoms with Crippen molar-refractivity contribution in [2.24, 2.45) is 0 Å². The van der Waals surface area contributed by atoms with E-state index < -0.39 is 0 Å². The van der Waals surface area contributed by atoms with Gasteiger partial charge in [0.1, 0.15) is 5.69 Å². The SMILES string of the molecule is c1ccc2c(Sc3ccc(Nc4nnc(-c5ccc6c(c5)OCO6)c5ccccc45)cc3)ccnc2c1. The van der Waals surface area contributed by atoms with Gasteiger partial charge in [0.05, 0.1) is 5.52 Å². The van der Waals surface area contributed by atoms with Crippen molar-refractivity contribution in [2.75, 3.05) is 12.1 Å². The summed E-state index contributed by atoms with van der Waals surface area (Å²) in [4.78, 5) is 6.79. The van der Waals surface area contributed by atoms with E-state index in [4.69, 9.17) is 9.47 Å². The summed E-state index contributed by atoms with van der Waals surface area (Å²) in [6.45, 7) is 0.241. The summed E-state index contributed by atoms with van der Waals surface area (Å²) in [7, 11) is 0. The van der Waals surface area contributed by atoms with Crippen molar-refractivity contribution in [1.82, 2.24) is 15.2 Å². The van der Waals surface area contributed by atoms with Gasteiger partial charge in [-0.15, -0.1) is 10.2 Å². The Labute approximate surface area is 217 Å². The van der Waals surface area contributed by atoms with Crippen LogP contribution in [0.25, 0.3) is 32.9 Å². The highest BCUT2D eigenvalue weighted by Gasteiger charge is 2.17. The van der Waals surface area contributed by atoms with Crippen molar-refractivity contribution >= 4 is 44.9 Å². The molecule has 2 aromatic heterocycles. The molecule has 4 aromatic carbocycles. The average Bonchev–Trinajstić information content (AvgIpc) is 3.43. The molecule has 0 saturated heterocycles. The Balaban J connectivity index is 1.17. The number of nitrogens with one attached hydrogen (secondary N) is 1. The number of aromatic nitrogens is 3. The number of nitrogens with zero attached hydrogens (tertiary/aromatic N) is 3. The summed E-state index contributed by atoms with van der Waals surface area (Å²) in [6, 6.07) is 32.6. The van der Waals surface area contributed by atoms with Crippen LogP contribution in [-0.2, 0) is 0 Å². The molecule has 0 spiro atoms. The standard InChI is InChI=1S/C30H20N4O2S/c1-2-6-23-22(5-1)29(19-9-14-26-27(17-19)36-18-35-26)33-34-30(23)32-20-10-12-21(13-11-20)37-28-15-16-31-25-8-4-3-7-24(25)28/h1-17H,18H2,(H,32,34). The van der Waals surface area contributed by atoms with Gasteiger partial charge in [-0.1, -0.05) is 54.2 Å². The number of hydrogen-bond donors (Lipinski definition) is 1. The van der Waals surface area contributed by atoms with E-state index in [9.17, 15) is 0 Å². The van der Waals surface area contributed by atoms with Crippen LogP contribution in [-0.4, -0.2) is 22.0 Å². The van der Waals surface area contributed by atoms with Crippen LogP contribution in [0.3, 0.4) is 0 Å². The van der Waals surface area contributed by atoms with E-state index >= 15 is 0 Å². The van der Waals surface area contributed by atoms with Crippen LogP contribution in [0.1, 0.15) is 0 Å². The normalized spacial score (nSPS) is 12.2. The number of anilines is 2. The summed E-state index contributed by atoms with van der Waals surface area (Å²) >= 11 is 1.73. The van der Waals surface area contributed by atoms with E-state index in [2.05, 4.69) is 69.0 Å². The lowest BCUT2D eigenvalue weighted by Crippen LogP contribution is -1.99. The van der Waals surface area contributed by atoms with E-state index in [-0.39, 0.29) is 6.79 Å². The predicted octanol–water partition coefficient (Wildman–Crippen LogP) is 7.47. The summed E-state index contributed by atoms with van der Waals surface area (Å²) in [5.74, 6) is 2.18. The van der Waals surface area contributed by atoms with Gasteiger partial charge in [0.25, 0.3) is 0 Å². The lowest BCUT2D eigenvalue weighted by molar-refractivity contribution is 0.174. The van der Waals surface area contributed by atoms with Crippen LogP contribution in [0, 0.1) is 0 Å². The van der Waals surface area contributed by atoms with Crippen molar-refractivity contribution in [3.8, 4) is 22.8 Å². The topological polar surface area (TPSA) is 69.2 Å². The highest BCUT2D eigenvalue weighted by molar-refractivity contribution is 7.99. The number of ether oxygens (including phenoxy) is 2. The molecular weight excluding hydrogens is 480 g/mol. The third kappa shape index (κ3) is 4.09. The van der Waals surface area contributed by atoms with E-state index in [1.807, 2.05) is 54.7 Å². The zero-order valence-corrected chi connectivity index (χ0v) is 20.4. The molecule has 0 amide bonds. The summed E-state index contributed by atoms with van der Waals surface area (Å²) in [6.07, 6.45) is 1.86. The molecule has 0 bridgehead atoms. The van der Waals surface area contributed by atoms with Crippen LogP contribution >= 0.6 is 11.8 Å². The Bertz CT molecular complexity index is 1770. The fourth-order valence-corrected chi connectivity index (χ4v) is 5.42. The van der Waals surface area contributed by atoms with Gasteiger partial charge in [-0.05, 0) is 54.6 Å². The minimum Gasteiger partial charge on any atom is -0.454 e. The Morgan fingerprint density at radius 2 is 1.49 bits per heavy atom. The predicted molar refractivity (Wildman–Crippen MR) is 147 cm³/mol. The highest BCUT2D eigenvalue weighted by Crippen LogP contribution is 2.38. The Hall–Kier alpha value is -4.62. The quantitative estimate of drug-likeness (QED) is 0.263. The molecular formula is C30H20N4O2S. The van der Waals surface area contributed by atoms with E-state index in [1.54, 1.807) is 11.8 Å². The fourth-order valence-electron chi connectivity index (χ4n) is 4.48. The zero-order chi connectivity index (χ0) is 24.6. The van der Waals surface area contributed by atoms with Gasteiger partial charge in [-0.25, -0.2) is 0 Å². The van der Waals surface area contributed by atoms with Gasteiger partial charge in [-0.3, -0.25) is 4.98 Å². The van der Waals surface area contributed by atoms with Gasteiger partial charge in [-0.2, -0.15) is 0 Å². The lowest BCUT2D eigenvalue weighted by Gasteiger charge is -2.12. The first kappa shape index (κ1) is 21.6. The number of hydrogen-bond acceptors (Lipinski definition) is 7. The third-order valence-corrected chi connectivity index (χ3v) is 7.37. The maximum absolute atomic E-state index is 5.56. The molecule has 0 unspecified atom stereocenters. The number of rotatable bonds is 5. The van der Waals surface area contributed by atoms with Gasteiger partial charge in [0.2, 0.25) is 6.79 Å². The Morgan fingerprint density at radius 1 is 0.703 bits per heavy atom. The van der Waals surface area contributed by atoms with Crippen LogP contribution in [0.15, 0.2) is 113 Å². The van der Waals surface area contributed by atoms with Crippen molar-refractivity contribution in [1.29, 1.82) is 0 Å². The second kappa shape index (κ2) is 9.11. The van der Waals surface area contributed by atoms with Gasteiger partial charge >= 0.3 is 0 Å². The molecule has 6 nitrogen and oxygen atoms in total. The van der Waals surface area contributed by atoms with Crippen molar-refractivity contribution < 1.29 is 9.47 Å². The van der Waals surface area contributed by atoms with Gasteiger partial charge < -0.3 is 14.8 Å². The van der Waals surface area contributed by atoms with E-state index in [0.717, 1.165) is 55.0 Å². The highest BCUT2D eigenvalue weighted by atomic mass is 32.2. The molecule has 1 aliphatic rings. The summed E-state index contributed by atoms with van der Waals surface area (Å²) in [5, 5.41) is 15.7. The smallest absolute Gasteiger partial charge is 0.231 e. The molecule has 0 radical (unpaired) electrons. The molecule has 0 saturated carbocycles. The maximum atomic E-state index is 5.56.